The zero-order valence-corrected chi connectivity index (χ0v) is 27.5. The third-order valence-corrected chi connectivity index (χ3v) is 8.85. The number of nitrogens with zero attached hydrogens (tertiary/aromatic N) is 4. The van der Waals surface area contributed by atoms with Crippen LogP contribution in [-0.4, -0.2) is 81.5 Å². The van der Waals surface area contributed by atoms with Gasteiger partial charge in [-0.1, -0.05) is 35.5 Å². The molecular formula is C30H38BClN4O6S. The standard InChI is InChI=1S/C30H38BClN4O6S/c1-28(2,3)40-27(38)35-11-12-39-20(16-35)17-36-24-18(15-33-26(34-24)43-8)13-22(25(36)37)21-10-9-19(14-23(21)32)31-41-29(4,5)30(6,7)42-31/h9-10,13-15,20H,11-12,16-17H2,1-8H3/t20-/m0/s1. The molecule has 0 bridgehead atoms. The van der Waals surface area contributed by atoms with Crippen LogP contribution in [0.2, 0.25) is 5.02 Å². The predicted molar refractivity (Wildman–Crippen MR) is 169 cm³/mol. The van der Waals surface area contributed by atoms with E-state index in [-0.39, 0.29) is 18.6 Å². The van der Waals surface area contributed by atoms with E-state index in [1.165, 1.54) is 11.8 Å². The van der Waals surface area contributed by atoms with Crippen molar-refractivity contribution in [1.29, 1.82) is 0 Å². The number of fused-ring (bicyclic) bond motifs is 1. The lowest BCUT2D eigenvalue weighted by molar-refractivity contribution is -0.0472. The van der Waals surface area contributed by atoms with Gasteiger partial charge in [0.1, 0.15) is 11.2 Å². The molecule has 0 saturated carbocycles. The molecule has 0 spiro atoms. The van der Waals surface area contributed by atoms with E-state index in [0.717, 1.165) is 5.46 Å². The van der Waals surface area contributed by atoms with Gasteiger partial charge in [-0.15, -0.1) is 0 Å². The summed E-state index contributed by atoms with van der Waals surface area (Å²) in [6.45, 7) is 14.7. The number of morpholine rings is 1. The van der Waals surface area contributed by atoms with Gasteiger partial charge >= 0.3 is 13.2 Å². The van der Waals surface area contributed by atoms with Crippen LogP contribution >= 0.6 is 23.4 Å². The third kappa shape index (κ3) is 6.58. The molecule has 2 saturated heterocycles. The summed E-state index contributed by atoms with van der Waals surface area (Å²) in [5.41, 5.74) is 0.330. The van der Waals surface area contributed by atoms with Crippen LogP contribution in [0.25, 0.3) is 22.2 Å². The summed E-state index contributed by atoms with van der Waals surface area (Å²) in [6.07, 6.45) is 2.72. The molecule has 0 N–H and O–H groups in total. The Morgan fingerprint density at radius 3 is 2.49 bits per heavy atom. The fourth-order valence-corrected chi connectivity index (χ4v) is 5.63. The van der Waals surface area contributed by atoms with Crippen LogP contribution in [0, 0.1) is 0 Å². The van der Waals surface area contributed by atoms with Crippen LogP contribution in [0.5, 0.6) is 0 Å². The molecule has 0 radical (unpaired) electrons. The number of thioether (sulfide) groups is 1. The first kappa shape index (κ1) is 31.8. The first-order chi connectivity index (χ1) is 20.1. The zero-order valence-electron chi connectivity index (χ0n) is 25.9. The van der Waals surface area contributed by atoms with Gasteiger partial charge in [0, 0.05) is 34.3 Å². The van der Waals surface area contributed by atoms with Gasteiger partial charge in [0.15, 0.2) is 5.16 Å². The van der Waals surface area contributed by atoms with Gasteiger partial charge in [-0.25, -0.2) is 14.8 Å². The molecule has 4 heterocycles. The van der Waals surface area contributed by atoms with Crippen LogP contribution in [0.3, 0.4) is 0 Å². The topological polar surface area (TPSA) is 105 Å². The Morgan fingerprint density at radius 1 is 1.16 bits per heavy atom. The number of rotatable bonds is 5. The smallest absolute Gasteiger partial charge is 0.444 e. The number of amides is 1. The normalized spacial score (nSPS) is 20.1. The van der Waals surface area contributed by atoms with E-state index in [1.807, 2.05) is 66.9 Å². The second-order valence-electron chi connectivity index (χ2n) is 12.9. The molecule has 5 rings (SSSR count). The van der Waals surface area contributed by atoms with E-state index in [4.69, 9.17) is 30.4 Å². The van der Waals surface area contributed by atoms with Crippen LogP contribution < -0.4 is 11.0 Å². The van der Waals surface area contributed by atoms with Crippen LogP contribution in [0.1, 0.15) is 48.5 Å². The van der Waals surface area contributed by atoms with Crippen LogP contribution in [-0.2, 0) is 25.3 Å². The number of pyridine rings is 1. The first-order valence-electron chi connectivity index (χ1n) is 14.3. The van der Waals surface area contributed by atoms with Crippen molar-refractivity contribution in [2.75, 3.05) is 26.0 Å². The maximum Gasteiger partial charge on any atom is 0.494 e. The van der Waals surface area contributed by atoms with E-state index >= 15 is 0 Å². The Kier molecular flexibility index (Phi) is 8.65. The molecular weight excluding hydrogens is 591 g/mol. The Hall–Kier alpha value is -2.64. The molecule has 43 heavy (non-hydrogen) atoms. The van der Waals surface area contributed by atoms with E-state index in [9.17, 15) is 9.59 Å². The molecule has 2 aliphatic rings. The highest BCUT2D eigenvalue weighted by Gasteiger charge is 2.51. The Bertz CT molecular complexity index is 1590. The summed E-state index contributed by atoms with van der Waals surface area (Å²) in [7, 11) is -0.584. The van der Waals surface area contributed by atoms with Gasteiger partial charge in [-0.2, -0.15) is 0 Å². The minimum Gasteiger partial charge on any atom is -0.444 e. The fourth-order valence-electron chi connectivity index (χ4n) is 5.01. The summed E-state index contributed by atoms with van der Waals surface area (Å²) < 4.78 is 25.6. The second-order valence-corrected chi connectivity index (χ2v) is 14.0. The van der Waals surface area contributed by atoms with Crippen LogP contribution in [0.15, 0.2) is 40.4 Å². The lowest BCUT2D eigenvalue weighted by Crippen LogP contribution is -2.49. The van der Waals surface area contributed by atoms with E-state index < -0.39 is 36.1 Å². The number of carbonyl (C=O) groups excluding carboxylic acids is 1. The lowest BCUT2D eigenvalue weighted by Gasteiger charge is -2.34. The monoisotopic (exact) mass is 628 g/mol. The minimum atomic E-state index is -0.616. The maximum absolute atomic E-state index is 14.2. The van der Waals surface area contributed by atoms with Crippen molar-refractivity contribution in [3.63, 3.8) is 0 Å². The molecule has 2 aliphatic heterocycles. The number of aromatic nitrogens is 3. The zero-order chi connectivity index (χ0) is 31.3. The molecule has 3 aromatic rings. The molecule has 1 atom stereocenters. The molecule has 0 unspecified atom stereocenters. The lowest BCUT2D eigenvalue weighted by atomic mass is 9.78. The Labute approximate surface area is 261 Å². The van der Waals surface area contributed by atoms with Gasteiger partial charge in [0.25, 0.3) is 5.56 Å². The molecule has 10 nitrogen and oxygen atoms in total. The second kappa shape index (κ2) is 11.7. The van der Waals surface area contributed by atoms with Crippen molar-refractivity contribution in [3.05, 3.63) is 45.8 Å². The SMILES string of the molecule is CSc1ncc2cc(-c3ccc(B4OC(C)(C)C(C)(C)O4)cc3Cl)c(=O)n(C[C@@H]3CN(C(=O)OC(C)(C)C)CCO3)c2n1. The van der Waals surface area contributed by atoms with Gasteiger partial charge in [-0.05, 0) is 72.3 Å². The summed E-state index contributed by atoms with van der Waals surface area (Å²) in [5.74, 6) is 0. The summed E-state index contributed by atoms with van der Waals surface area (Å²) in [6, 6.07) is 7.23. The van der Waals surface area contributed by atoms with Crippen molar-refractivity contribution in [1.82, 2.24) is 19.4 Å². The molecule has 13 heteroatoms. The summed E-state index contributed by atoms with van der Waals surface area (Å²) >= 11 is 8.22. The maximum atomic E-state index is 14.2. The highest BCUT2D eigenvalue weighted by molar-refractivity contribution is 7.98. The number of halogens is 1. The van der Waals surface area contributed by atoms with E-state index in [1.54, 1.807) is 27.8 Å². The quantitative estimate of drug-likeness (QED) is 0.225. The first-order valence-corrected chi connectivity index (χ1v) is 15.9. The Morgan fingerprint density at radius 2 is 1.86 bits per heavy atom. The van der Waals surface area contributed by atoms with Gasteiger partial charge in [0.05, 0.1) is 37.0 Å². The number of benzene rings is 1. The average Bonchev–Trinajstić information content (AvgIpc) is 3.15. The van der Waals surface area contributed by atoms with Crippen molar-refractivity contribution < 1.29 is 23.6 Å². The Balaban J connectivity index is 1.50. The number of hydrogen-bond acceptors (Lipinski definition) is 9. The van der Waals surface area contributed by atoms with Crippen LogP contribution in [0.4, 0.5) is 4.79 Å². The van der Waals surface area contributed by atoms with Crippen molar-refractivity contribution in [3.8, 4) is 11.1 Å². The number of hydrogen-bond donors (Lipinski definition) is 0. The molecule has 0 aliphatic carbocycles. The summed E-state index contributed by atoms with van der Waals surface area (Å²) in [4.78, 5) is 37.6. The number of ether oxygens (including phenoxy) is 2. The minimum absolute atomic E-state index is 0.178. The van der Waals surface area contributed by atoms with Crippen molar-refractivity contribution >= 4 is 53.1 Å². The molecule has 2 aromatic heterocycles. The van der Waals surface area contributed by atoms with E-state index in [2.05, 4.69) is 9.97 Å². The van der Waals surface area contributed by atoms with E-state index in [0.29, 0.717) is 45.5 Å². The highest BCUT2D eigenvalue weighted by atomic mass is 35.5. The molecule has 1 amide bonds. The van der Waals surface area contributed by atoms with Gasteiger partial charge in [0.2, 0.25) is 0 Å². The van der Waals surface area contributed by atoms with Crippen molar-refractivity contribution in [2.24, 2.45) is 0 Å². The fraction of sp³-hybridized carbons (Fsp3) is 0.533. The van der Waals surface area contributed by atoms with Gasteiger partial charge < -0.3 is 23.7 Å². The third-order valence-electron chi connectivity index (χ3n) is 7.97. The molecule has 1 aromatic carbocycles. The largest absolute Gasteiger partial charge is 0.494 e. The highest BCUT2D eigenvalue weighted by Crippen LogP contribution is 2.37. The molecule has 230 valence electrons. The predicted octanol–water partition coefficient (Wildman–Crippen LogP) is 4.77. The van der Waals surface area contributed by atoms with Crippen molar-refractivity contribution in [2.45, 2.75) is 83.1 Å². The average molecular weight is 629 g/mol. The summed E-state index contributed by atoms with van der Waals surface area (Å²) in [5, 5.41) is 1.61. The number of carbonyl (C=O) groups is 1. The molecule has 2 fully saturated rings. The van der Waals surface area contributed by atoms with Gasteiger partial charge in [-0.3, -0.25) is 9.36 Å².